The highest BCUT2D eigenvalue weighted by Gasteiger charge is 2.23. The van der Waals surface area contributed by atoms with Crippen molar-refractivity contribution in [2.24, 2.45) is 0 Å². The molecule has 0 saturated carbocycles. The average molecular weight is 422 g/mol. The summed E-state index contributed by atoms with van der Waals surface area (Å²) in [6, 6.07) is 8.63. The summed E-state index contributed by atoms with van der Waals surface area (Å²) in [7, 11) is 4.74. The summed E-state index contributed by atoms with van der Waals surface area (Å²) in [5, 5.41) is 14.2. The van der Waals surface area contributed by atoms with E-state index in [9.17, 15) is 19.7 Å². The molecule has 10 heteroatoms. The molecule has 0 aliphatic carbocycles. The first-order valence-corrected chi connectivity index (χ1v) is 8.83. The van der Waals surface area contributed by atoms with Gasteiger partial charge >= 0.3 is 5.97 Å². The van der Waals surface area contributed by atoms with Crippen LogP contribution < -0.4 is 15.0 Å². The Balaban J connectivity index is 2.14. The molecule has 1 unspecified atom stereocenters. The van der Waals surface area contributed by atoms with Crippen molar-refractivity contribution in [2.45, 2.75) is 13.0 Å². The van der Waals surface area contributed by atoms with E-state index >= 15 is 0 Å². The Morgan fingerprint density at radius 3 is 2.48 bits per heavy atom. The van der Waals surface area contributed by atoms with Crippen molar-refractivity contribution in [1.29, 1.82) is 0 Å². The van der Waals surface area contributed by atoms with Gasteiger partial charge in [0.25, 0.3) is 11.6 Å². The zero-order valence-corrected chi connectivity index (χ0v) is 17.0. The molecule has 0 fully saturated rings. The number of hydrogen-bond acceptors (Lipinski definition) is 7. The quantitative estimate of drug-likeness (QED) is 0.413. The summed E-state index contributed by atoms with van der Waals surface area (Å²) >= 11 is 5.93. The van der Waals surface area contributed by atoms with Gasteiger partial charge < -0.3 is 19.7 Å². The number of benzene rings is 2. The van der Waals surface area contributed by atoms with Crippen LogP contribution in [0.25, 0.3) is 0 Å². The summed E-state index contributed by atoms with van der Waals surface area (Å²) < 4.78 is 10.3. The van der Waals surface area contributed by atoms with E-state index in [0.717, 1.165) is 6.07 Å². The van der Waals surface area contributed by atoms with Crippen molar-refractivity contribution < 1.29 is 24.0 Å². The van der Waals surface area contributed by atoms with E-state index < -0.39 is 22.9 Å². The van der Waals surface area contributed by atoms with Crippen LogP contribution in [0, 0.1) is 10.1 Å². The predicted molar refractivity (Wildman–Crippen MR) is 109 cm³/mol. The minimum absolute atomic E-state index is 0.0395. The highest BCUT2D eigenvalue weighted by molar-refractivity contribution is 6.31. The molecule has 0 radical (unpaired) electrons. The van der Waals surface area contributed by atoms with Gasteiger partial charge in [0, 0.05) is 25.2 Å². The smallest absolute Gasteiger partial charge is 0.339 e. The number of halogens is 1. The van der Waals surface area contributed by atoms with Crippen LogP contribution in [0.5, 0.6) is 5.75 Å². The van der Waals surface area contributed by atoms with Crippen molar-refractivity contribution in [1.82, 2.24) is 0 Å². The summed E-state index contributed by atoms with van der Waals surface area (Å²) in [5.74, 6) is -1.09. The van der Waals surface area contributed by atoms with Gasteiger partial charge in [0.15, 0.2) is 6.10 Å². The lowest BCUT2D eigenvalue weighted by Crippen LogP contribution is -2.30. The minimum atomic E-state index is -1.17. The number of amides is 1. The van der Waals surface area contributed by atoms with Crippen LogP contribution in [-0.2, 0) is 9.53 Å². The van der Waals surface area contributed by atoms with E-state index in [1.54, 1.807) is 31.1 Å². The monoisotopic (exact) mass is 421 g/mol. The Bertz CT molecular complexity index is 948. The highest BCUT2D eigenvalue weighted by atomic mass is 35.5. The van der Waals surface area contributed by atoms with Crippen molar-refractivity contribution in [3.63, 3.8) is 0 Å². The summed E-state index contributed by atoms with van der Waals surface area (Å²) in [6.45, 7) is 1.38. The summed E-state index contributed by atoms with van der Waals surface area (Å²) in [5.41, 5.74) is 0.372. The average Bonchev–Trinajstić information content (AvgIpc) is 2.67. The number of carbonyl (C=O) groups is 2. The number of rotatable bonds is 7. The molecule has 2 aromatic rings. The van der Waals surface area contributed by atoms with Crippen molar-refractivity contribution in [2.75, 3.05) is 31.4 Å². The van der Waals surface area contributed by atoms with E-state index in [-0.39, 0.29) is 11.3 Å². The van der Waals surface area contributed by atoms with Gasteiger partial charge in [-0.05, 0) is 37.3 Å². The zero-order chi connectivity index (χ0) is 21.7. The standard InChI is InChI=1S/C19H20ClN3O6/c1-11(18(24)21-14-10-13(20)6-8-17(14)28-4)29-19(25)12-5-7-15(22(2)3)16(9-12)23(26)27/h5-11H,1-4H3,(H,21,24). The number of ether oxygens (including phenoxy) is 2. The number of anilines is 2. The van der Waals surface area contributed by atoms with Gasteiger partial charge in [-0.2, -0.15) is 0 Å². The van der Waals surface area contributed by atoms with Crippen LogP contribution in [0.1, 0.15) is 17.3 Å². The number of nitro groups is 1. The number of nitrogens with one attached hydrogen (secondary N) is 1. The van der Waals surface area contributed by atoms with E-state index in [2.05, 4.69) is 5.32 Å². The number of nitrogens with zero attached hydrogens (tertiary/aromatic N) is 2. The fraction of sp³-hybridized carbons (Fsp3) is 0.263. The van der Waals surface area contributed by atoms with Gasteiger partial charge in [-0.15, -0.1) is 0 Å². The first-order chi connectivity index (χ1) is 13.6. The molecule has 2 aromatic carbocycles. The normalized spacial score (nSPS) is 11.3. The molecular weight excluding hydrogens is 402 g/mol. The molecule has 0 aliphatic rings. The van der Waals surface area contributed by atoms with Crippen LogP contribution in [0.4, 0.5) is 17.1 Å². The fourth-order valence-corrected chi connectivity index (χ4v) is 2.64. The number of carbonyl (C=O) groups excluding carboxylic acids is 2. The van der Waals surface area contributed by atoms with E-state index in [1.165, 1.54) is 32.2 Å². The summed E-state index contributed by atoms with van der Waals surface area (Å²) in [6.07, 6.45) is -1.17. The van der Waals surface area contributed by atoms with Crippen molar-refractivity contribution >= 4 is 40.5 Å². The third-order valence-corrected chi connectivity index (χ3v) is 4.20. The molecule has 1 N–H and O–H groups in total. The maximum absolute atomic E-state index is 12.4. The van der Waals surface area contributed by atoms with E-state index in [0.29, 0.717) is 22.1 Å². The molecule has 29 heavy (non-hydrogen) atoms. The zero-order valence-electron chi connectivity index (χ0n) is 16.3. The van der Waals surface area contributed by atoms with Crippen molar-refractivity contribution in [3.05, 3.63) is 57.1 Å². The Kier molecular flexibility index (Phi) is 7.00. The second-order valence-electron chi connectivity index (χ2n) is 6.24. The third-order valence-electron chi connectivity index (χ3n) is 3.96. The van der Waals surface area contributed by atoms with E-state index in [1.807, 2.05) is 0 Å². The van der Waals surface area contributed by atoms with Gasteiger partial charge in [0.1, 0.15) is 11.4 Å². The molecule has 0 saturated heterocycles. The van der Waals surface area contributed by atoms with Crippen LogP contribution in [0.2, 0.25) is 5.02 Å². The lowest BCUT2D eigenvalue weighted by molar-refractivity contribution is -0.384. The van der Waals surface area contributed by atoms with Gasteiger partial charge in [-0.1, -0.05) is 11.6 Å². The SMILES string of the molecule is COc1ccc(Cl)cc1NC(=O)C(C)OC(=O)c1ccc(N(C)C)c([N+](=O)[O-])c1. The predicted octanol–water partition coefficient (Wildman–Crippen LogP) is 3.51. The third kappa shape index (κ3) is 5.35. The molecule has 0 spiro atoms. The first kappa shape index (κ1) is 22.0. The van der Waals surface area contributed by atoms with Crippen molar-refractivity contribution in [3.8, 4) is 5.75 Å². The lowest BCUT2D eigenvalue weighted by Gasteiger charge is -2.16. The maximum Gasteiger partial charge on any atom is 0.339 e. The molecule has 0 bridgehead atoms. The molecule has 154 valence electrons. The molecular formula is C19H20ClN3O6. The molecule has 0 heterocycles. The minimum Gasteiger partial charge on any atom is -0.495 e. The molecule has 0 aromatic heterocycles. The Hall–Kier alpha value is -3.33. The number of hydrogen-bond donors (Lipinski definition) is 1. The number of methoxy groups -OCH3 is 1. The fourth-order valence-electron chi connectivity index (χ4n) is 2.47. The largest absolute Gasteiger partial charge is 0.495 e. The molecule has 0 aliphatic heterocycles. The van der Waals surface area contributed by atoms with Gasteiger partial charge in [-0.25, -0.2) is 4.79 Å². The second-order valence-corrected chi connectivity index (χ2v) is 6.67. The second kappa shape index (κ2) is 9.24. The molecule has 1 amide bonds. The van der Waals surface area contributed by atoms with Crippen LogP contribution in [-0.4, -0.2) is 44.1 Å². The van der Waals surface area contributed by atoms with Gasteiger partial charge in [0.05, 0.1) is 23.3 Å². The molecule has 1 atom stereocenters. The Morgan fingerprint density at radius 2 is 1.90 bits per heavy atom. The number of esters is 1. The van der Waals surface area contributed by atoms with Gasteiger partial charge in [-0.3, -0.25) is 14.9 Å². The molecule has 2 rings (SSSR count). The number of nitro benzene ring substituents is 1. The Labute approximate surface area is 172 Å². The van der Waals surface area contributed by atoms with Gasteiger partial charge in [0.2, 0.25) is 0 Å². The topological polar surface area (TPSA) is 111 Å². The first-order valence-electron chi connectivity index (χ1n) is 8.45. The maximum atomic E-state index is 12.4. The summed E-state index contributed by atoms with van der Waals surface area (Å²) in [4.78, 5) is 37.0. The van der Waals surface area contributed by atoms with Crippen LogP contribution in [0.3, 0.4) is 0 Å². The van der Waals surface area contributed by atoms with Crippen LogP contribution in [0.15, 0.2) is 36.4 Å². The van der Waals surface area contributed by atoms with E-state index in [4.69, 9.17) is 21.1 Å². The lowest BCUT2D eigenvalue weighted by atomic mass is 10.1. The molecule has 9 nitrogen and oxygen atoms in total. The van der Waals surface area contributed by atoms with Crippen LogP contribution >= 0.6 is 11.6 Å². The highest BCUT2D eigenvalue weighted by Crippen LogP contribution is 2.29. The Morgan fingerprint density at radius 1 is 1.21 bits per heavy atom.